The van der Waals surface area contributed by atoms with Gasteiger partial charge in [0, 0.05) is 25.3 Å². The second-order valence-corrected chi connectivity index (χ2v) is 7.14. The molecular formula is C18H31N3. The Morgan fingerprint density at radius 2 is 2.00 bits per heavy atom. The monoisotopic (exact) mass is 289 g/mol. The molecule has 3 heteroatoms. The van der Waals surface area contributed by atoms with Crippen molar-refractivity contribution in [3.05, 3.63) is 24.0 Å². The van der Waals surface area contributed by atoms with Gasteiger partial charge in [-0.3, -0.25) is 4.98 Å². The van der Waals surface area contributed by atoms with Crippen molar-refractivity contribution in [2.75, 3.05) is 18.0 Å². The van der Waals surface area contributed by atoms with Crippen LogP contribution < -0.4 is 10.2 Å². The fourth-order valence-corrected chi connectivity index (χ4v) is 2.60. The van der Waals surface area contributed by atoms with Gasteiger partial charge in [-0.1, -0.05) is 27.7 Å². The molecular weight excluding hydrogens is 258 g/mol. The van der Waals surface area contributed by atoms with E-state index in [0.29, 0.717) is 5.92 Å². The van der Waals surface area contributed by atoms with Gasteiger partial charge in [0.25, 0.3) is 0 Å². The average Bonchev–Trinajstić information content (AvgIpc) is 3.24. The molecule has 0 aromatic carbocycles. The van der Waals surface area contributed by atoms with Crippen LogP contribution in [-0.4, -0.2) is 24.1 Å². The zero-order valence-electron chi connectivity index (χ0n) is 14.1. The number of pyridine rings is 1. The summed E-state index contributed by atoms with van der Waals surface area (Å²) in [7, 11) is 0. The van der Waals surface area contributed by atoms with E-state index in [4.69, 9.17) is 0 Å². The number of nitrogens with one attached hydrogen (secondary N) is 1. The van der Waals surface area contributed by atoms with Gasteiger partial charge in [0.05, 0.1) is 11.9 Å². The van der Waals surface area contributed by atoms with Crippen molar-refractivity contribution in [1.82, 2.24) is 10.3 Å². The van der Waals surface area contributed by atoms with E-state index < -0.39 is 0 Å². The highest BCUT2D eigenvalue weighted by Gasteiger charge is 2.30. The average molecular weight is 289 g/mol. The Labute approximate surface area is 130 Å². The van der Waals surface area contributed by atoms with Gasteiger partial charge in [0.2, 0.25) is 0 Å². The maximum Gasteiger partial charge on any atom is 0.0600 e. The van der Waals surface area contributed by atoms with E-state index in [1.165, 1.54) is 30.5 Å². The molecule has 0 unspecified atom stereocenters. The van der Waals surface area contributed by atoms with Crippen molar-refractivity contribution in [3.8, 4) is 0 Å². The van der Waals surface area contributed by atoms with Gasteiger partial charge in [-0.15, -0.1) is 0 Å². The Balaban J connectivity index is 2.04. The van der Waals surface area contributed by atoms with Crippen LogP contribution in [0.25, 0.3) is 0 Å². The van der Waals surface area contributed by atoms with Crippen LogP contribution in [0.5, 0.6) is 0 Å². The molecule has 0 atom stereocenters. The molecule has 118 valence electrons. The first-order chi connectivity index (χ1) is 10.1. The summed E-state index contributed by atoms with van der Waals surface area (Å²) in [4.78, 5) is 6.97. The summed E-state index contributed by atoms with van der Waals surface area (Å²) in [5, 5.41) is 3.57. The summed E-state index contributed by atoms with van der Waals surface area (Å²) >= 11 is 0. The Morgan fingerprint density at radius 1 is 1.24 bits per heavy atom. The number of anilines is 1. The molecule has 1 aromatic heterocycles. The minimum atomic E-state index is 0.691. The highest BCUT2D eigenvalue weighted by atomic mass is 15.2. The largest absolute Gasteiger partial charge is 0.367 e. The minimum absolute atomic E-state index is 0.691. The molecule has 0 radical (unpaired) electrons. The highest BCUT2D eigenvalue weighted by Crippen LogP contribution is 2.33. The van der Waals surface area contributed by atoms with Crippen LogP contribution in [0.1, 0.15) is 52.5 Å². The molecule has 21 heavy (non-hydrogen) atoms. The Morgan fingerprint density at radius 3 is 2.62 bits per heavy atom. The summed E-state index contributed by atoms with van der Waals surface area (Å²) in [5.74, 6) is 1.45. The summed E-state index contributed by atoms with van der Waals surface area (Å²) in [6.07, 6.45) is 7.91. The van der Waals surface area contributed by atoms with E-state index in [1.54, 1.807) is 0 Å². The fraction of sp³-hybridized carbons (Fsp3) is 0.722. The van der Waals surface area contributed by atoms with Crippen LogP contribution in [0.3, 0.4) is 0 Å². The van der Waals surface area contributed by atoms with E-state index in [2.05, 4.69) is 55.2 Å². The second kappa shape index (κ2) is 7.79. The molecule has 0 spiro atoms. The number of rotatable bonds is 9. The second-order valence-electron chi connectivity index (χ2n) is 7.14. The maximum absolute atomic E-state index is 4.38. The summed E-state index contributed by atoms with van der Waals surface area (Å²) in [6, 6.07) is 2.92. The fourth-order valence-electron chi connectivity index (χ4n) is 2.60. The first-order valence-corrected chi connectivity index (χ1v) is 8.48. The van der Waals surface area contributed by atoms with Gasteiger partial charge in [-0.05, 0) is 49.3 Å². The molecule has 1 aliphatic rings. The lowest BCUT2D eigenvalue weighted by molar-refractivity contribution is 0.548. The Kier molecular flexibility index (Phi) is 6.04. The zero-order valence-corrected chi connectivity index (χ0v) is 14.1. The van der Waals surface area contributed by atoms with Crippen LogP contribution in [-0.2, 0) is 6.54 Å². The predicted molar refractivity (Wildman–Crippen MR) is 90.6 cm³/mol. The molecule has 3 nitrogen and oxygen atoms in total. The zero-order chi connectivity index (χ0) is 15.2. The molecule has 1 fully saturated rings. The first-order valence-electron chi connectivity index (χ1n) is 8.48. The highest BCUT2D eigenvalue weighted by molar-refractivity contribution is 5.53. The number of hydrogen-bond acceptors (Lipinski definition) is 3. The van der Waals surface area contributed by atoms with Crippen molar-refractivity contribution >= 4 is 5.69 Å². The van der Waals surface area contributed by atoms with Crippen LogP contribution in [0.4, 0.5) is 5.69 Å². The first kappa shape index (κ1) is 16.3. The molecule has 1 saturated carbocycles. The third-order valence-electron chi connectivity index (χ3n) is 4.00. The lowest BCUT2D eigenvalue weighted by Crippen LogP contribution is -2.30. The van der Waals surface area contributed by atoms with Crippen molar-refractivity contribution in [1.29, 1.82) is 0 Å². The molecule has 1 aromatic rings. The molecule has 1 heterocycles. The van der Waals surface area contributed by atoms with Gasteiger partial charge >= 0.3 is 0 Å². The van der Waals surface area contributed by atoms with Crippen LogP contribution in [0.2, 0.25) is 0 Å². The lowest BCUT2D eigenvalue weighted by atomic mass is 10.1. The third kappa shape index (κ3) is 5.31. The molecule has 1 N–H and O–H groups in total. The van der Waals surface area contributed by atoms with Crippen molar-refractivity contribution in [2.45, 2.75) is 59.5 Å². The maximum atomic E-state index is 4.38. The van der Waals surface area contributed by atoms with E-state index in [0.717, 1.165) is 31.6 Å². The van der Waals surface area contributed by atoms with Gasteiger partial charge in [-0.2, -0.15) is 0 Å². The molecule has 0 amide bonds. The molecule has 0 saturated heterocycles. The van der Waals surface area contributed by atoms with E-state index in [9.17, 15) is 0 Å². The van der Waals surface area contributed by atoms with Crippen molar-refractivity contribution < 1.29 is 0 Å². The summed E-state index contributed by atoms with van der Waals surface area (Å²) in [6.45, 7) is 12.3. The smallest absolute Gasteiger partial charge is 0.0600 e. The normalized spacial score (nSPS) is 15.0. The van der Waals surface area contributed by atoms with Crippen molar-refractivity contribution in [2.24, 2.45) is 11.8 Å². The molecule has 0 aliphatic heterocycles. The topological polar surface area (TPSA) is 28.2 Å². The van der Waals surface area contributed by atoms with Crippen molar-refractivity contribution in [3.63, 3.8) is 0 Å². The Hall–Kier alpha value is -1.09. The lowest BCUT2D eigenvalue weighted by Gasteiger charge is -2.27. The predicted octanol–water partition coefficient (Wildman–Crippen LogP) is 3.84. The van der Waals surface area contributed by atoms with Crippen LogP contribution >= 0.6 is 0 Å². The van der Waals surface area contributed by atoms with Crippen LogP contribution in [0, 0.1) is 11.8 Å². The van der Waals surface area contributed by atoms with Gasteiger partial charge in [0.1, 0.15) is 0 Å². The van der Waals surface area contributed by atoms with Gasteiger partial charge in [-0.25, -0.2) is 0 Å². The van der Waals surface area contributed by atoms with Crippen LogP contribution in [0.15, 0.2) is 18.5 Å². The van der Waals surface area contributed by atoms with E-state index >= 15 is 0 Å². The SMILES string of the molecule is CC(C)CCN(c1cnccc1CNCC(C)C)C1CC1. The molecule has 0 bridgehead atoms. The summed E-state index contributed by atoms with van der Waals surface area (Å²) < 4.78 is 0. The standard InChI is InChI=1S/C18H31N3/c1-14(2)8-10-21(17-5-6-17)18-13-19-9-7-16(18)12-20-11-15(3)4/h7,9,13-15,17,20H,5-6,8,10-12H2,1-4H3. The minimum Gasteiger partial charge on any atom is -0.367 e. The molecule has 2 rings (SSSR count). The van der Waals surface area contributed by atoms with Gasteiger partial charge in [0.15, 0.2) is 0 Å². The molecule has 1 aliphatic carbocycles. The van der Waals surface area contributed by atoms with E-state index in [1.807, 2.05) is 6.20 Å². The number of hydrogen-bond donors (Lipinski definition) is 1. The quantitative estimate of drug-likeness (QED) is 0.748. The number of aromatic nitrogens is 1. The Bertz CT molecular complexity index is 424. The third-order valence-corrected chi connectivity index (χ3v) is 4.00. The summed E-state index contributed by atoms with van der Waals surface area (Å²) in [5.41, 5.74) is 2.73. The van der Waals surface area contributed by atoms with Gasteiger partial charge < -0.3 is 10.2 Å². The number of nitrogens with zero attached hydrogens (tertiary/aromatic N) is 2. The van der Waals surface area contributed by atoms with E-state index in [-0.39, 0.29) is 0 Å².